The number of benzene rings is 2. The van der Waals surface area contributed by atoms with E-state index in [1.807, 2.05) is 13.8 Å². The molecule has 0 atom stereocenters. The topological polar surface area (TPSA) is 33.7 Å². The minimum absolute atomic E-state index is 0.133. The van der Waals surface area contributed by atoms with Crippen LogP contribution in [-0.2, 0) is 0 Å². The van der Waals surface area contributed by atoms with E-state index in [4.69, 9.17) is 9.47 Å². The van der Waals surface area contributed by atoms with Crippen LogP contribution in [0, 0.1) is 0 Å². The van der Waals surface area contributed by atoms with Crippen LogP contribution in [0.5, 0.6) is 11.5 Å². The second kappa shape index (κ2) is 7.91. The van der Waals surface area contributed by atoms with Gasteiger partial charge in [0.1, 0.15) is 11.5 Å². The van der Waals surface area contributed by atoms with Crippen LogP contribution in [0.2, 0.25) is 0 Å². The molecule has 4 nitrogen and oxygen atoms in total. The molecule has 0 saturated heterocycles. The molecule has 0 spiro atoms. The molecule has 0 unspecified atom stereocenters. The minimum atomic E-state index is -0.219. The van der Waals surface area contributed by atoms with E-state index in [2.05, 4.69) is 94.2 Å². The molecule has 170 valence electrons. The monoisotopic (exact) mass is 432 g/mol. The fraction of sp³-hybridized carbons (Fsp3) is 0.429. The number of hydrogen-bond acceptors (Lipinski definition) is 4. The van der Waals surface area contributed by atoms with Gasteiger partial charge in [0.15, 0.2) is 0 Å². The summed E-state index contributed by atoms with van der Waals surface area (Å²) in [7, 11) is 0. The van der Waals surface area contributed by atoms with E-state index in [0.717, 1.165) is 22.9 Å². The summed E-state index contributed by atoms with van der Waals surface area (Å²) in [5.41, 5.74) is 8.04. The molecule has 2 aromatic rings. The molecule has 2 aliphatic rings. The van der Waals surface area contributed by atoms with Gasteiger partial charge in [0.05, 0.1) is 35.7 Å². The van der Waals surface area contributed by atoms with Crippen LogP contribution in [0.25, 0.3) is 11.1 Å². The number of ether oxygens (including phenoxy) is 2. The Morgan fingerprint density at radius 1 is 0.781 bits per heavy atom. The zero-order valence-electron chi connectivity index (χ0n) is 20.7. The van der Waals surface area contributed by atoms with Crippen LogP contribution in [-0.4, -0.2) is 24.3 Å². The van der Waals surface area contributed by atoms with Crippen molar-refractivity contribution in [2.75, 3.05) is 23.4 Å². The number of anilines is 3. The van der Waals surface area contributed by atoms with Gasteiger partial charge in [-0.15, -0.1) is 0 Å². The predicted molar refractivity (Wildman–Crippen MR) is 136 cm³/mol. The second-order valence-corrected chi connectivity index (χ2v) is 9.90. The summed E-state index contributed by atoms with van der Waals surface area (Å²) in [6, 6.07) is 10.8. The molecular weight excluding hydrogens is 396 g/mol. The maximum atomic E-state index is 6.01. The van der Waals surface area contributed by atoms with Gasteiger partial charge >= 0.3 is 0 Å². The van der Waals surface area contributed by atoms with Gasteiger partial charge in [-0.2, -0.15) is 0 Å². The molecule has 2 aromatic carbocycles. The van der Waals surface area contributed by atoms with Gasteiger partial charge in [0, 0.05) is 22.9 Å². The Kier molecular flexibility index (Phi) is 5.52. The minimum Gasteiger partial charge on any atom is -0.494 e. The van der Waals surface area contributed by atoms with Gasteiger partial charge in [-0.3, -0.25) is 0 Å². The lowest BCUT2D eigenvalue weighted by Gasteiger charge is -2.45. The average molecular weight is 433 g/mol. The van der Waals surface area contributed by atoms with E-state index in [-0.39, 0.29) is 11.1 Å². The first-order chi connectivity index (χ1) is 15.1. The van der Waals surface area contributed by atoms with E-state index < -0.39 is 0 Å². The lowest BCUT2D eigenvalue weighted by molar-refractivity contribution is 0.339. The van der Waals surface area contributed by atoms with E-state index >= 15 is 0 Å². The first-order valence-corrected chi connectivity index (χ1v) is 11.6. The van der Waals surface area contributed by atoms with Gasteiger partial charge in [-0.05, 0) is 90.8 Å². The summed E-state index contributed by atoms with van der Waals surface area (Å²) >= 11 is 0. The van der Waals surface area contributed by atoms with Crippen molar-refractivity contribution >= 4 is 28.2 Å². The van der Waals surface area contributed by atoms with Crippen LogP contribution in [0.15, 0.2) is 42.5 Å². The van der Waals surface area contributed by atoms with Crippen molar-refractivity contribution in [2.45, 2.75) is 66.5 Å². The molecule has 0 saturated carbocycles. The van der Waals surface area contributed by atoms with Gasteiger partial charge < -0.3 is 19.7 Å². The number of allylic oxidation sites excluding steroid dienone is 2. The Morgan fingerprint density at radius 2 is 1.41 bits per heavy atom. The van der Waals surface area contributed by atoms with Gasteiger partial charge in [0.25, 0.3) is 0 Å². The zero-order valence-corrected chi connectivity index (χ0v) is 20.7. The first-order valence-electron chi connectivity index (χ1n) is 11.6. The van der Waals surface area contributed by atoms with E-state index in [1.165, 1.54) is 28.0 Å². The second-order valence-electron chi connectivity index (χ2n) is 9.90. The Labute approximate surface area is 192 Å². The van der Waals surface area contributed by atoms with Crippen LogP contribution >= 0.6 is 0 Å². The maximum Gasteiger partial charge on any atom is 0.122 e. The number of nitrogens with one attached hydrogen (secondary N) is 1. The lowest BCUT2D eigenvalue weighted by atomic mass is 9.86. The number of hydrogen-bond donors (Lipinski definition) is 1. The number of rotatable bonds is 5. The van der Waals surface area contributed by atoms with Crippen molar-refractivity contribution in [3.63, 3.8) is 0 Å². The Bertz CT molecular complexity index is 1110. The molecule has 32 heavy (non-hydrogen) atoms. The SMILES string of the molecule is CCOc1ccc2c(c1)C(C)=CC(C)(C)N2c1cc(OCC)cc2c1NC(C)(C)C=C2C. The number of fused-ring (bicyclic) bond motifs is 2. The third-order valence-electron chi connectivity index (χ3n) is 6.18. The van der Waals surface area contributed by atoms with E-state index in [0.29, 0.717) is 13.2 Å². The Balaban J connectivity index is 1.98. The van der Waals surface area contributed by atoms with Crippen LogP contribution in [0.1, 0.15) is 66.5 Å². The van der Waals surface area contributed by atoms with Crippen LogP contribution < -0.4 is 19.7 Å². The first kappa shape index (κ1) is 22.3. The summed E-state index contributed by atoms with van der Waals surface area (Å²) in [6.45, 7) is 18.7. The Hall–Kier alpha value is -2.88. The summed E-state index contributed by atoms with van der Waals surface area (Å²) < 4.78 is 11.8. The highest BCUT2D eigenvalue weighted by Gasteiger charge is 2.36. The largest absolute Gasteiger partial charge is 0.494 e. The van der Waals surface area contributed by atoms with E-state index in [9.17, 15) is 0 Å². The van der Waals surface area contributed by atoms with Crippen LogP contribution in [0.4, 0.5) is 17.1 Å². The van der Waals surface area contributed by atoms with Gasteiger partial charge in [-0.25, -0.2) is 0 Å². The van der Waals surface area contributed by atoms with Crippen LogP contribution in [0.3, 0.4) is 0 Å². The molecule has 2 heterocycles. The van der Waals surface area contributed by atoms with Crippen molar-refractivity contribution in [1.82, 2.24) is 0 Å². The molecule has 0 aliphatic carbocycles. The number of nitrogens with zero attached hydrogens (tertiary/aromatic N) is 1. The molecular formula is C28H36N2O2. The molecule has 4 heteroatoms. The summed E-state index contributed by atoms with van der Waals surface area (Å²) in [5.74, 6) is 1.80. The highest BCUT2D eigenvalue weighted by atomic mass is 16.5. The molecule has 2 aliphatic heterocycles. The molecule has 1 N–H and O–H groups in total. The van der Waals surface area contributed by atoms with Crippen molar-refractivity contribution in [3.05, 3.63) is 53.6 Å². The summed E-state index contributed by atoms with van der Waals surface area (Å²) in [4.78, 5) is 2.44. The van der Waals surface area contributed by atoms with Crippen molar-refractivity contribution < 1.29 is 9.47 Å². The highest BCUT2D eigenvalue weighted by molar-refractivity contribution is 5.95. The normalized spacial score (nSPS) is 18.1. The summed E-state index contributed by atoms with van der Waals surface area (Å²) in [6.07, 6.45) is 4.64. The van der Waals surface area contributed by atoms with Gasteiger partial charge in [0.2, 0.25) is 0 Å². The van der Waals surface area contributed by atoms with Crippen molar-refractivity contribution in [2.24, 2.45) is 0 Å². The molecule has 0 bridgehead atoms. The molecule has 4 rings (SSSR count). The lowest BCUT2D eigenvalue weighted by Crippen LogP contribution is -2.43. The molecule has 0 fully saturated rings. The third-order valence-corrected chi connectivity index (χ3v) is 6.18. The highest BCUT2D eigenvalue weighted by Crippen LogP contribution is 2.51. The molecule has 0 radical (unpaired) electrons. The molecule has 0 amide bonds. The summed E-state index contributed by atoms with van der Waals surface area (Å²) in [5, 5.41) is 3.79. The fourth-order valence-electron chi connectivity index (χ4n) is 5.15. The maximum absolute atomic E-state index is 6.01. The smallest absolute Gasteiger partial charge is 0.122 e. The average Bonchev–Trinajstić information content (AvgIpc) is 2.68. The van der Waals surface area contributed by atoms with Crippen molar-refractivity contribution in [1.29, 1.82) is 0 Å². The Morgan fingerprint density at radius 3 is 2.09 bits per heavy atom. The quantitative estimate of drug-likeness (QED) is 0.533. The van der Waals surface area contributed by atoms with Gasteiger partial charge in [-0.1, -0.05) is 12.2 Å². The zero-order chi connectivity index (χ0) is 23.3. The van der Waals surface area contributed by atoms with E-state index in [1.54, 1.807) is 0 Å². The van der Waals surface area contributed by atoms with Crippen molar-refractivity contribution in [3.8, 4) is 11.5 Å². The predicted octanol–water partition coefficient (Wildman–Crippen LogP) is 7.43. The third kappa shape index (κ3) is 3.87. The fourth-order valence-corrected chi connectivity index (χ4v) is 5.15. The standard InChI is InChI=1S/C28H36N2O2/c1-9-31-20-11-12-24-22(13-20)19(4)17-28(7,8)30(24)25-15-21(32-10-2)14-23-18(3)16-27(5,6)29-26(23)25/h11-17,29H,9-10H2,1-8H3. The molecule has 0 aromatic heterocycles.